The molecule has 1 aliphatic rings. The van der Waals surface area contributed by atoms with Gasteiger partial charge in [-0.2, -0.15) is 0 Å². The Bertz CT molecular complexity index is 602. The van der Waals surface area contributed by atoms with Crippen molar-refractivity contribution in [2.75, 3.05) is 13.2 Å². The molecule has 102 valence electrons. The van der Waals surface area contributed by atoms with Crippen LogP contribution in [0.3, 0.4) is 0 Å². The first-order valence-electron chi connectivity index (χ1n) is 7.07. The van der Waals surface area contributed by atoms with Gasteiger partial charge >= 0.3 is 0 Å². The fraction of sp³-hybridized carbons (Fsp3) is 0.500. The van der Waals surface area contributed by atoms with Crippen LogP contribution in [0.1, 0.15) is 36.6 Å². The van der Waals surface area contributed by atoms with Crippen LogP contribution in [0.5, 0.6) is 0 Å². The van der Waals surface area contributed by atoms with Gasteiger partial charge in [0, 0.05) is 23.9 Å². The van der Waals surface area contributed by atoms with Crippen molar-refractivity contribution < 1.29 is 9.84 Å². The normalized spacial score (nSPS) is 22.7. The SMILES string of the molecule is CCC1(CCO)OCCc2c1[nH]c1c(C)cccc21. The van der Waals surface area contributed by atoms with E-state index in [1.807, 2.05) is 0 Å². The van der Waals surface area contributed by atoms with E-state index in [9.17, 15) is 5.11 Å². The van der Waals surface area contributed by atoms with Gasteiger partial charge in [0.1, 0.15) is 5.60 Å². The summed E-state index contributed by atoms with van der Waals surface area (Å²) in [5.74, 6) is 0. The Labute approximate surface area is 113 Å². The van der Waals surface area contributed by atoms with E-state index in [2.05, 4.69) is 37.0 Å². The summed E-state index contributed by atoms with van der Waals surface area (Å²) in [6, 6.07) is 6.42. The van der Waals surface area contributed by atoms with E-state index in [0.29, 0.717) is 6.42 Å². The first-order valence-corrected chi connectivity index (χ1v) is 7.07. The van der Waals surface area contributed by atoms with Gasteiger partial charge in [-0.1, -0.05) is 25.1 Å². The van der Waals surface area contributed by atoms with Crippen molar-refractivity contribution in [1.82, 2.24) is 4.98 Å². The minimum Gasteiger partial charge on any atom is -0.396 e. The van der Waals surface area contributed by atoms with Crippen molar-refractivity contribution in [1.29, 1.82) is 0 Å². The van der Waals surface area contributed by atoms with Crippen molar-refractivity contribution >= 4 is 10.9 Å². The van der Waals surface area contributed by atoms with Gasteiger partial charge < -0.3 is 14.8 Å². The van der Waals surface area contributed by atoms with Crippen LogP contribution in [0.15, 0.2) is 18.2 Å². The standard InChI is InChI=1S/C16H21NO2/c1-3-16(8-9-18)15-13(7-10-19-16)12-6-4-5-11(2)14(12)17-15/h4-6,17-18H,3,7-10H2,1-2H3. The van der Waals surface area contributed by atoms with Crippen LogP contribution in [-0.2, 0) is 16.8 Å². The zero-order chi connectivity index (χ0) is 13.5. The van der Waals surface area contributed by atoms with Gasteiger partial charge in [0.05, 0.1) is 12.3 Å². The van der Waals surface area contributed by atoms with Crippen molar-refractivity contribution in [2.45, 2.75) is 38.7 Å². The van der Waals surface area contributed by atoms with E-state index >= 15 is 0 Å². The van der Waals surface area contributed by atoms with Crippen LogP contribution in [0.25, 0.3) is 10.9 Å². The molecule has 19 heavy (non-hydrogen) atoms. The Morgan fingerprint density at radius 2 is 2.26 bits per heavy atom. The zero-order valence-electron chi connectivity index (χ0n) is 11.6. The van der Waals surface area contributed by atoms with Crippen molar-refractivity contribution in [3.8, 4) is 0 Å². The summed E-state index contributed by atoms with van der Waals surface area (Å²) < 4.78 is 6.06. The number of aromatic nitrogens is 1. The lowest BCUT2D eigenvalue weighted by atomic mass is 9.86. The molecule has 0 spiro atoms. The predicted octanol–water partition coefficient (Wildman–Crippen LogP) is 3.04. The molecular formula is C16H21NO2. The summed E-state index contributed by atoms with van der Waals surface area (Å²) in [4.78, 5) is 3.57. The van der Waals surface area contributed by atoms with Crippen LogP contribution in [-0.4, -0.2) is 23.3 Å². The maximum Gasteiger partial charge on any atom is 0.110 e. The lowest BCUT2D eigenvalue weighted by Gasteiger charge is -2.36. The third-order valence-electron chi connectivity index (χ3n) is 4.42. The van der Waals surface area contributed by atoms with Crippen LogP contribution in [0, 0.1) is 6.92 Å². The Balaban J connectivity index is 2.25. The molecule has 3 heteroatoms. The number of rotatable bonds is 3. The number of nitrogens with one attached hydrogen (secondary N) is 1. The van der Waals surface area contributed by atoms with E-state index in [1.54, 1.807) is 0 Å². The molecule has 2 heterocycles. The second-order valence-electron chi connectivity index (χ2n) is 5.40. The fourth-order valence-electron chi connectivity index (χ4n) is 3.32. The van der Waals surface area contributed by atoms with Gasteiger partial charge in [-0.3, -0.25) is 0 Å². The topological polar surface area (TPSA) is 45.2 Å². The minimum absolute atomic E-state index is 0.154. The quantitative estimate of drug-likeness (QED) is 0.890. The number of aromatic amines is 1. The maximum absolute atomic E-state index is 9.38. The van der Waals surface area contributed by atoms with Gasteiger partial charge in [0.15, 0.2) is 0 Å². The van der Waals surface area contributed by atoms with Crippen LogP contribution >= 0.6 is 0 Å². The Morgan fingerprint density at radius 3 is 3.00 bits per heavy atom. The molecule has 1 atom stereocenters. The van der Waals surface area contributed by atoms with Crippen LogP contribution in [0.4, 0.5) is 0 Å². The zero-order valence-corrected chi connectivity index (χ0v) is 11.6. The number of aliphatic hydroxyl groups excluding tert-OH is 1. The lowest BCUT2D eigenvalue weighted by Crippen LogP contribution is -2.36. The lowest BCUT2D eigenvalue weighted by molar-refractivity contribution is -0.0795. The summed E-state index contributed by atoms with van der Waals surface area (Å²) >= 11 is 0. The molecule has 2 aromatic rings. The van der Waals surface area contributed by atoms with Gasteiger partial charge in [0.25, 0.3) is 0 Å². The Kier molecular flexibility index (Phi) is 3.11. The fourth-order valence-corrected chi connectivity index (χ4v) is 3.32. The highest BCUT2D eigenvalue weighted by Crippen LogP contribution is 2.41. The van der Waals surface area contributed by atoms with E-state index in [0.717, 1.165) is 19.4 Å². The van der Waals surface area contributed by atoms with Gasteiger partial charge in [-0.15, -0.1) is 0 Å². The highest BCUT2D eigenvalue weighted by Gasteiger charge is 2.38. The number of hydrogen-bond acceptors (Lipinski definition) is 2. The molecule has 0 bridgehead atoms. The average molecular weight is 259 g/mol. The van der Waals surface area contributed by atoms with Gasteiger partial charge in [-0.05, 0) is 30.9 Å². The molecule has 0 saturated heterocycles. The van der Waals surface area contributed by atoms with E-state index < -0.39 is 0 Å². The van der Waals surface area contributed by atoms with E-state index in [-0.39, 0.29) is 12.2 Å². The minimum atomic E-state index is -0.339. The monoisotopic (exact) mass is 259 g/mol. The molecule has 0 radical (unpaired) electrons. The molecular weight excluding hydrogens is 238 g/mol. The third-order valence-corrected chi connectivity index (χ3v) is 4.42. The molecule has 3 rings (SSSR count). The van der Waals surface area contributed by atoms with E-state index in [4.69, 9.17) is 4.74 Å². The van der Waals surface area contributed by atoms with Crippen molar-refractivity contribution in [2.24, 2.45) is 0 Å². The second-order valence-corrected chi connectivity index (χ2v) is 5.40. The number of benzene rings is 1. The largest absolute Gasteiger partial charge is 0.396 e. The number of para-hydroxylation sites is 1. The molecule has 1 aromatic carbocycles. The molecule has 3 nitrogen and oxygen atoms in total. The molecule has 0 fully saturated rings. The average Bonchev–Trinajstić information content (AvgIpc) is 2.81. The van der Waals surface area contributed by atoms with E-state index in [1.165, 1.54) is 27.7 Å². The predicted molar refractivity (Wildman–Crippen MR) is 76.4 cm³/mol. The molecule has 1 aliphatic heterocycles. The first kappa shape index (κ1) is 12.7. The van der Waals surface area contributed by atoms with Crippen LogP contribution < -0.4 is 0 Å². The molecule has 0 amide bonds. The number of aliphatic hydroxyl groups is 1. The Morgan fingerprint density at radius 1 is 1.42 bits per heavy atom. The van der Waals surface area contributed by atoms with Gasteiger partial charge in [0.2, 0.25) is 0 Å². The molecule has 0 aliphatic carbocycles. The number of hydrogen-bond donors (Lipinski definition) is 2. The number of fused-ring (bicyclic) bond motifs is 3. The maximum atomic E-state index is 9.38. The highest BCUT2D eigenvalue weighted by atomic mass is 16.5. The molecule has 2 N–H and O–H groups in total. The second kappa shape index (κ2) is 4.66. The van der Waals surface area contributed by atoms with Crippen LogP contribution in [0.2, 0.25) is 0 Å². The van der Waals surface area contributed by atoms with Crippen molar-refractivity contribution in [3.05, 3.63) is 35.0 Å². The summed E-state index contributed by atoms with van der Waals surface area (Å²) in [5, 5.41) is 10.7. The summed E-state index contributed by atoms with van der Waals surface area (Å²) in [6.07, 6.45) is 2.49. The van der Waals surface area contributed by atoms with Gasteiger partial charge in [-0.25, -0.2) is 0 Å². The molecule has 0 saturated carbocycles. The molecule has 1 unspecified atom stereocenters. The Hall–Kier alpha value is -1.32. The first-order chi connectivity index (χ1) is 9.22. The number of ether oxygens (including phenoxy) is 1. The van der Waals surface area contributed by atoms with Crippen molar-refractivity contribution in [3.63, 3.8) is 0 Å². The summed E-state index contributed by atoms with van der Waals surface area (Å²) in [5.41, 5.74) is 4.70. The molecule has 1 aromatic heterocycles. The summed E-state index contributed by atoms with van der Waals surface area (Å²) in [6.45, 7) is 5.15. The summed E-state index contributed by atoms with van der Waals surface area (Å²) in [7, 11) is 0. The third kappa shape index (κ3) is 1.80. The highest BCUT2D eigenvalue weighted by molar-refractivity contribution is 5.87. The number of aryl methyl sites for hydroxylation is 1. The number of H-pyrrole nitrogens is 1. The smallest absolute Gasteiger partial charge is 0.110 e.